The number of nitrogens with zero attached hydrogens (tertiary/aromatic N) is 4. The van der Waals surface area contributed by atoms with E-state index < -0.39 is 0 Å². The summed E-state index contributed by atoms with van der Waals surface area (Å²) in [5.41, 5.74) is 0.973. The Bertz CT molecular complexity index is 509. The summed E-state index contributed by atoms with van der Waals surface area (Å²) in [7, 11) is 0. The van der Waals surface area contributed by atoms with Gasteiger partial charge < -0.3 is 14.8 Å². The second kappa shape index (κ2) is 5.50. The lowest BCUT2D eigenvalue weighted by atomic mass is 10.1. The Balaban J connectivity index is 1.67. The molecule has 2 aromatic rings. The largest absolute Gasteiger partial charge is 0.403 e. The number of fused-ring (bicyclic) bond motifs is 1. The monoisotopic (exact) mass is 263 g/mol. The van der Waals surface area contributed by atoms with E-state index in [2.05, 4.69) is 25.2 Å². The van der Waals surface area contributed by atoms with Crippen LogP contribution in [0.3, 0.4) is 0 Å². The molecule has 2 aromatic heterocycles. The maximum Gasteiger partial charge on any atom is 0.298 e. The molecule has 1 saturated heterocycles. The first-order chi connectivity index (χ1) is 9.35. The van der Waals surface area contributed by atoms with E-state index in [1.165, 1.54) is 0 Å². The zero-order valence-electron chi connectivity index (χ0n) is 10.6. The quantitative estimate of drug-likeness (QED) is 0.829. The van der Waals surface area contributed by atoms with Gasteiger partial charge in [-0.25, -0.2) is 9.97 Å². The highest BCUT2D eigenvalue weighted by Gasteiger charge is 2.21. The molecule has 1 fully saturated rings. The Labute approximate surface area is 110 Å². The average molecular weight is 263 g/mol. The summed E-state index contributed by atoms with van der Waals surface area (Å²) in [5, 5.41) is 12.3. The molecule has 102 valence electrons. The smallest absolute Gasteiger partial charge is 0.298 e. The summed E-state index contributed by atoms with van der Waals surface area (Å²) < 4.78 is 5.50. The van der Waals surface area contributed by atoms with Crippen LogP contribution < -0.4 is 5.32 Å². The van der Waals surface area contributed by atoms with E-state index in [1.807, 2.05) is 0 Å². The molecule has 19 heavy (non-hydrogen) atoms. The van der Waals surface area contributed by atoms with Crippen LogP contribution >= 0.6 is 0 Å². The van der Waals surface area contributed by atoms with E-state index in [1.54, 1.807) is 12.4 Å². The first-order valence-corrected chi connectivity index (χ1v) is 6.52. The van der Waals surface area contributed by atoms with Crippen molar-refractivity contribution in [3.8, 4) is 0 Å². The zero-order chi connectivity index (χ0) is 13.1. The zero-order valence-corrected chi connectivity index (χ0v) is 10.6. The number of likely N-dealkylation sites (tertiary alicyclic amines) is 1. The van der Waals surface area contributed by atoms with E-state index in [0.29, 0.717) is 17.4 Å². The van der Waals surface area contributed by atoms with Gasteiger partial charge in [0.2, 0.25) is 5.65 Å². The van der Waals surface area contributed by atoms with Gasteiger partial charge >= 0.3 is 0 Å². The van der Waals surface area contributed by atoms with Gasteiger partial charge in [-0.1, -0.05) is 0 Å². The van der Waals surface area contributed by atoms with Crippen LogP contribution in [0.2, 0.25) is 0 Å². The van der Waals surface area contributed by atoms with Crippen molar-refractivity contribution >= 4 is 17.4 Å². The van der Waals surface area contributed by atoms with Gasteiger partial charge in [-0.3, -0.25) is 4.90 Å². The molecule has 0 spiro atoms. The number of aliphatic hydroxyl groups is 1. The number of nitrogens with one attached hydrogen (secondary N) is 1. The molecule has 7 nitrogen and oxygen atoms in total. The molecule has 7 heteroatoms. The first kappa shape index (κ1) is 12.3. The van der Waals surface area contributed by atoms with Gasteiger partial charge in [0, 0.05) is 31.5 Å². The van der Waals surface area contributed by atoms with Crippen molar-refractivity contribution in [3.63, 3.8) is 0 Å². The average Bonchev–Trinajstić information content (AvgIpc) is 2.81. The third kappa shape index (κ3) is 2.82. The molecule has 2 N–H and O–H groups in total. The van der Waals surface area contributed by atoms with Crippen molar-refractivity contribution in [2.75, 3.05) is 31.6 Å². The molecule has 0 bridgehead atoms. The summed E-state index contributed by atoms with van der Waals surface area (Å²) in [4.78, 5) is 14.6. The SMILES string of the molecule is OCCN1CCC[C@@H](Nc2nc3nccnc3o2)C1. The van der Waals surface area contributed by atoms with Crippen LogP contribution in [0.5, 0.6) is 0 Å². The normalized spacial score (nSPS) is 20.8. The van der Waals surface area contributed by atoms with Crippen LogP contribution in [-0.2, 0) is 0 Å². The Morgan fingerprint density at radius 2 is 2.32 bits per heavy atom. The highest BCUT2D eigenvalue weighted by atomic mass is 16.4. The minimum atomic E-state index is 0.198. The van der Waals surface area contributed by atoms with E-state index in [9.17, 15) is 0 Å². The molecule has 0 amide bonds. The number of oxazole rings is 1. The van der Waals surface area contributed by atoms with Crippen molar-refractivity contribution in [2.45, 2.75) is 18.9 Å². The standard InChI is InChI=1S/C12H17N5O2/c18-7-6-17-5-1-2-9(8-17)15-12-16-10-11(19-12)14-4-3-13-10/h3-4,9,18H,1-2,5-8H2,(H,13,15,16)/t9-/m1/s1. The summed E-state index contributed by atoms with van der Waals surface area (Å²) in [6, 6.07) is 0.755. The number of aliphatic hydroxyl groups excluding tert-OH is 1. The number of rotatable bonds is 4. The molecule has 1 aliphatic rings. The number of hydrogen-bond acceptors (Lipinski definition) is 7. The predicted octanol–water partition coefficient (Wildman–Crippen LogP) is 0.486. The van der Waals surface area contributed by atoms with Crippen molar-refractivity contribution in [3.05, 3.63) is 12.4 Å². The number of aromatic nitrogens is 3. The number of anilines is 1. The van der Waals surface area contributed by atoms with E-state index >= 15 is 0 Å². The van der Waals surface area contributed by atoms with Gasteiger partial charge in [0.25, 0.3) is 11.7 Å². The topological polar surface area (TPSA) is 87.3 Å². The summed E-state index contributed by atoms with van der Waals surface area (Å²) >= 11 is 0. The number of β-amino-alcohol motifs (C(OH)–C–C–N with tert-alkyl or cyclic N) is 1. The molecule has 3 rings (SSSR count). The van der Waals surface area contributed by atoms with Crippen LogP contribution in [0.1, 0.15) is 12.8 Å². The second-order valence-corrected chi connectivity index (χ2v) is 4.71. The van der Waals surface area contributed by atoms with E-state index in [4.69, 9.17) is 9.52 Å². The van der Waals surface area contributed by atoms with Crippen molar-refractivity contribution in [1.29, 1.82) is 0 Å². The molecule has 0 aliphatic carbocycles. The lowest BCUT2D eigenvalue weighted by Crippen LogP contribution is -2.43. The van der Waals surface area contributed by atoms with Gasteiger partial charge in [0.1, 0.15) is 0 Å². The van der Waals surface area contributed by atoms with Gasteiger partial charge in [-0.2, -0.15) is 4.98 Å². The van der Waals surface area contributed by atoms with Crippen LogP contribution in [-0.4, -0.2) is 57.2 Å². The third-order valence-corrected chi connectivity index (χ3v) is 3.30. The molecular weight excluding hydrogens is 246 g/mol. The minimum Gasteiger partial charge on any atom is -0.403 e. The Morgan fingerprint density at radius 3 is 3.16 bits per heavy atom. The van der Waals surface area contributed by atoms with Crippen molar-refractivity contribution in [2.24, 2.45) is 0 Å². The fourth-order valence-corrected chi connectivity index (χ4v) is 2.43. The molecular formula is C12H17N5O2. The minimum absolute atomic E-state index is 0.198. The second-order valence-electron chi connectivity index (χ2n) is 4.71. The highest BCUT2D eigenvalue weighted by Crippen LogP contribution is 2.18. The predicted molar refractivity (Wildman–Crippen MR) is 69.8 cm³/mol. The Morgan fingerprint density at radius 1 is 1.42 bits per heavy atom. The maximum atomic E-state index is 8.98. The van der Waals surface area contributed by atoms with Crippen LogP contribution in [0.25, 0.3) is 11.4 Å². The maximum absolute atomic E-state index is 8.98. The first-order valence-electron chi connectivity index (χ1n) is 6.52. The fraction of sp³-hybridized carbons (Fsp3) is 0.583. The molecule has 0 unspecified atom stereocenters. The van der Waals surface area contributed by atoms with Crippen molar-refractivity contribution in [1.82, 2.24) is 19.9 Å². The lowest BCUT2D eigenvalue weighted by molar-refractivity contribution is 0.166. The molecule has 0 aromatic carbocycles. The van der Waals surface area contributed by atoms with Gasteiger partial charge in [0.05, 0.1) is 6.61 Å². The Kier molecular flexibility index (Phi) is 3.56. The molecule has 1 atom stereocenters. The third-order valence-electron chi connectivity index (χ3n) is 3.30. The summed E-state index contributed by atoms with van der Waals surface area (Å²) in [6.07, 6.45) is 5.36. The van der Waals surface area contributed by atoms with Gasteiger partial charge in [0.15, 0.2) is 0 Å². The molecule has 3 heterocycles. The summed E-state index contributed by atoms with van der Waals surface area (Å²) in [6.45, 7) is 2.84. The van der Waals surface area contributed by atoms with Crippen LogP contribution in [0.4, 0.5) is 6.01 Å². The van der Waals surface area contributed by atoms with Crippen LogP contribution in [0, 0.1) is 0 Å². The Hall–Kier alpha value is -1.73. The summed E-state index contributed by atoms with van der Waals surface area (Å²) in [5.74, 6) is 0. The fourth-order valence-electron chi connectivity index (χ4n) is 2.43. The van der Waals surface area contributed by atoms with Crippen molar-refractivity contribution < 1.29 is 9.52 Å². The molecule has 0 saturated carbocycles. The van der Waals surface area contributed by atoms with Gasteiger partial charge in [-0.05, 0) is 19.4 Å². The lowest BCUT2D eigenvalue weighted by Gasteiger charge is -2.32. The van der Waals surface area contributed by atoms with E-state index in [0.717, 1.165) is 32.5 Å². The highest BCUT2D eigenvalue weighted by molar-refractivity contribution is 5.64. The number of piperidine rings is 1. The molecule has 1 aliphatic heterocycles. The number of hydrogen-bond donors (Lipinski definition) is 2. The van der Waals surface area contributed by atoms with Gasteiger partial charge in [-0.15, -0.1) is 0 Å². The van der Waals surface area contributed by atoms with Crippen LogP contribution in [0.15, 0.2) is 16.8 Å². The van der Waals surface area contributed by atoms with E-state index in [-0.39, 0.29) is 12.6 Å². The molecule has 0 radical (unpaired) electrons.